The van der Waals surface area contributed by atoms with Crippen molar-refractivity contribution in [3.05, 3.63) is 0 Å². The number of rotatable bonds is 3. The highest BCUT2D eigenvalue weighted by molar-refractivity contribution is 7.99. The van der Waals surface area contributed by atoms with Gasteiger partial charge in [0.25, 0.3) is 0 Å². The SMILES string of the molecule is CCN(CC)C1(C#N)CSCC(C)(C)C1. The van der Waals surface area contributed by atoms with Gasteiger partial charge in [0.15, 0.2) is 0 Å². The molecule has 0 aromatic carbocycles. The van der Waals surface area contributed by atoms with Crippen molar-refractivity contribution in [1.82, 2.24) is 4.90 Å². The summed E-state index contributed by atoms with van der Waals surface area (Å²) in [6, 6.07) is 2.58. The van der Waals surface area contributed by atoms with Gasteiger partial charge in [-0.25, -0.2) is 0 Å². The predicted molar refractivity (Wildman–Crippen MR) is 67.0 cm³/mol. The van der Waals surface area contributed by atoms with E-state index in [0.717, 1.165) is 25.3 Å². The summed E-state index contributed by atoms with van der Waals surface area (Å²) in [6.45, 7) is 10.8. The zero-order chi connectivity index (χ0) is 11.5. The Bertz CT molecular complexity index is 253. The minimum Gasteiger partial charge on any atom is -0.285 e. The second kappa shape index (κ2) is 4.76. The van der Waals surface area contributed by atoms with Crippen LogP contribution in [-0.4, -0.2) is 35.0 Å². The van der Waals surface area contributed by atoms with Gasteiger partial charge in [0.1, 0.15) is 5.54 Å². The van der Waals surface area contributed by atoms with Crippen LogP contribution in [-0.2, 0) is 0 Å². The van der Waals surface area contributed by atoms with Crippen LogP contribution in [0.2, 0.25) is 0 Å². The molecule has 3 heteroatoms. The largest absolute Gasteiger partial charge is 0.285 e. The maximum Gasteiger partial charge on any atom is 0.118 e. The average molecular weight is 226 g/mol. The molecule has 1 fully saturated rings. The fourth-order valence-electron chi connectivity index (χ4n) is 2.56. The van der Waals surface area contributed by atoms with E-state index in [1.54, 1.807) is 0 Å². The van der Waals surface area contributed by atoms with Gasteiger partial charge in [-0.1, -0.05) is 27.7 Å². The smallest absolute Gasteiger partial charge is 0.118 e. The number of nitrogens with zero attached hydrogens (tertiary/aromatic N) is 2. The van der Waals surface area contributed by atoms with E-state index in [9.17, 15) is 5.26 Å². The Hall–Kier alpha value is -0.200. The summed E-state index contributed by atoms with van der Waals surface area (Å²) in [5, 5.41) is 9.50. The highest BCUT2D eigenvalue weighted by Crippen LogP contribution is 2.41. The van der Waals surface area contributed by atoms with Crippen molar-refractivity contribution in [3.63, 3.8) is 0 Å². The van der Waals surface area contributed by atoms with Crippen LogP contribution in [0.5, 0.6) is 0 Å². The van der Waals surface area contributed by atoms with Gasteiger partial charge in [0, 0.05) is 5.75 Å². The first-order valence-electron chi connectivity index (χ1n) is 5.74. The predicted octanol–water partition coefficient (Wildman–Crippen LogP) is 2.75. The molecule has 0 amide bonds. The summed E-state index contributed by atoms with van der Waals surface area (Å²) in [5.74, 6) is 2.15. The Kier molecular flexibility index (Phi) is 4.08. The van der Waals surface area contributed by atoms with Gasteiger partial charge >= 0.3 is 0 Å². The lowest BCUT2D eigenvalue weighted by Crippen LogP contribution is -2.54. The van der Waals surface area contributed by atoms with E-state index < -0.39 is 0 Å². The van der Waals surface area contributed by atoms with Crippen LogP contribution in [0.3, 0.4) is 0 Å². The lowest BCUT2D eigenvalue weighted by molar-refractivity contribution is 0.118. The molecule has 0 N–H and O–H groups in total. The van der Waals surface area contributed by atoms with Crippen LogP contribution in [0, 0.1) is 16.7 Å². The van der Waals surface area contributed by atoms with Crippen LogP contribution in [0.1, 0.15) is 34.1 Å². The maximum atomic E-state index is 9.50. The van der Waals surface area contributed by atoms with Gasteiger partial charge in [0.05, 0.1) is 6.07 Å². The standard InChI is InChI=1S/C12H22N2S/c1-5-14(6-2)12(8-13)7-11(3,4)9-15-10-12/h5-7,9-10H2,1-4H3. The third-order valence-corrected chi connectivity index (χ3v) is 4.85. The summed E-state index contributed by atoms with van der Waals surface area (Å²) in [7, 11) is 0. The number of hydrogen-bond acceptors (Lipinski definition) is 3. The first-order chi connectivity index (χ1) is 6.99. The normalized spacial score (nSPS) is 30.1. The van der Waals surface area contributed by atoms with E-state index >= 15 is 0 Å². The quantitative estimate of drug-likeness (QED) is 0.740. The van der Waals surface area contributed by atoms with Crippen molar-refractivity contribution in [2.45, 2.75) is 39.7 Å². The lowest BCUT2D eigenvalue weighted by Gasteiger charge is -2.46. The van der Waals surface area contributed by atoms with Crippen LogP contribution < -0.4 is 0 Å². The third-order valence-electron chi connectivity index (χ3n) is 3.18. The summed E-state index contributed by atoms with van der Waals surface area (Å²) in [5.41, 5.74) is 0.0666. The highest BCUT2D eigenvalue weighted by atomic mass is 32.2. The van der Waals surface area contributed by atoms with Crippen LogP contribution >= 0.6 is 11.8 Å². The minimum atomic E-state index is -0.226. The van der Waals surface area contributed by atoms with Crippen LogP contribution in [0.15, 0.2) is 0 Å². The fourth-order valence-corrected chi connectivity index (χ4v) is 4.01. The van der Waals surface area contributed by atoms with Crippen molar-refractivity contribution < 1.29 is 0 Å². The molecule has 1 heterocycles. The molecule has 1 aliphatic rings. The Morgan fingerprint density at radius 2 is 1.87 bits per heavy atom. The number of thioether (sulfide) groups is 1. The average Bonchev–Trinajstić information content (AvgIpc) is 2.18. The molecule has 1 saturated heterocycles. The van der Waals surface area contributed by atoms with Crippen molar-refractivity contribution in [2.75, 3.05) is 24.6 Å². The molecular weight excluding hydrogens is 204 g/mol. The van der Waals surface area contributed by atoms with E-state index in [4.69, 9.17) is 0 Å². The second-order valence-electron chi connectivity index (χ2n) is 5.15. The zero-order valence-corrected chi connectivity index (χ0v) is 11.2. The maximum absolute atomic E-state index is 9.50. The molecule has 0 radical (unpaired) electrons. The number of hydrogen-bond donors (Lipinski definition) is 0. The van der Waals surface area contributed by atoms with Crippen molar-refractivity contribution in [1.29, 1.82) is 5.26 Å². The molecule has 0 spiro atoms. The van der Waals surface area contributed by atoms with Crippen molar-refractivity contribution in [2.24, 2.45) is 5.41 Å². The Balaban J connectivity index is 2.89. The van der Waals surface area contributed by atoms with Crippen LogP contribution in [0.25, 0.3) is 0 Å². The third kappa shape index (κ3) is 2.68. The first-order valence-corrected chi connectivity index (χ1v) is 6.89. The van der Waals surface area contributed by atoms with E-state index in [1.807, 2.05) is 11.8 Å². The molecule has 1 atom stereocenters. The molecule has 15 heavy (non-hydrogen) atoms. The van der Waals surface area contributed by atoms with E-state index in [2.05, 4.69) is 38.7 Å². The van der Waals surface area contributed by atoms with Crippen molar-refractivity contribution >= 4 is 11.8 Å². The second-order valence-corrected chi connectivity index (χ2v) is 6.14. The van der Waals surface area contributed by atoms with Crippen LogP contribution in [0.4, 0.5) is 0 Å². The summed E-state index contributed by atoms with van der Waals surface area (Å²) >= 11 is 1.93. The summed E-state index contributed by atoms with van der Waals surface area (Å²) in [6.07, 6.45) is 1.01. The Labute approximate surface area is 98.0 Å². The summed E-state index contributed by atoms with van der Waals surface area (Å²) in [4.78, 5) is 2.32. The van der Waals surface area contributed by atoms with Gasteiger partial charge in [0.2, 0.25) is 0 Å². The highest BCUT2D eigenvalue weighted by Gasteiger charge is 2.43. The zero-order valence-electron chi connectivity index (χ0n) is 10.3. The molecule has 0 bridgehead atoms. The van der Waals surface area contributed by atoms with Crippen molar-refractivity contribution in [3.8, 4) is 6.07 Å². The minimum absolute atomic E-state index is 0.226. The van der Waals surface area contributed by atoms with E-state index in [1.165, 1.54) is 5.75 Å². The van der Waals surface area contributed by atoms with Gasteiger partial charge in [-0.3, -0.25) is 4.90 Å². The van der Waals surface area contributed by atoms with Gasteiger partial charge < -0.3 is 0 Å². The molecule has 2 nitrogen and oxygen atoms in total. The molecule has 0 aliphatic carbocycles. The Morgan fingerprint density at radius 1 is 1.27 bits per heavy atom. The molecule has 1 rings (SSSR count). The topological polar surface area (TPSA) is 27.0 Å². The molecule has 0 aromatic heterocycles. The molecule has 0 aromatic rings. The lowest BCUT2D eigenvalue weighted by atomic mass is 9.79. The van der Waals surface area contributed by atoms with E-state index in [0.29, 0.717) is 5.41 Å². The first kappa shape index (κ1) is 12.9. The molecule has 1 aliphatic heterocycles. The Morgan fingerprint density at radius 3 is 2.27 bits per heavy atom. The van der Waals surface area contributed by atoms with E-state index in [-0.39, 0.29) is 5.54 Å². The van der Waals surface area contributed by atoms with Gasteiger partial charge in [-0.05, 0) is 30.7 Å². The molecule has 0 saturated carbocycles. The molecular formula is C12H22N2S. The fraction of sp³-hybridized carbons (Fsp3) is 0.917. The van der Waals surface area contributed by atoms with Gasteiger partial charge in [-0.15, -0.1) is 0 Å². The monoisotopic (exact) mass is 226 g/mol. The number of nitriles is 1. The molecule has 1 unspecified atom stereocenters. The molecule has 86 valence electrons. The summed E-state index contributed by atoms with van der Waals surface area (Å²) < 4.78 is 0. The van der Waals surface area contributed by atoms with Gasteiger partial charge in [-0.2, -0.15) is 17.0 Å².